The summed E-state index contributed by atoms with van der Waals surface area (Å²) < 4.78 is 0. The van der Waals surface area contributed by atoms with Crippen molar-refractivity contribution in [2.75, 3.05) is 0 Å². The minimum absolute atomic E-state index is 0.204. The highest BCUT2D eigenvalue weighted by molar-refractivity contribution is 5.82. The average Bonchev–Trinajstić information content (AvgIpc) is 2.52. The predicted octanol–water partition coefficient (Wildman–Crippen LogP) is 4.41. The molecule has 2 fully saturated rings. The van der Waals surface area contributed by atoms with Gasteiger partial charge in [0.2, 0.25) is 5.91 Å². The van der Waals surface area contributed by atoms with Crippen molar-refractivity contribution in [2.24, 2.45) is 5.92 Å². The van der Waals surface area contributed by atoms with Crippen LogP contribution in [0, 0.1) is 5.92 Å². The molecule has 2 aliphatic rings. The summed E-state index contributed by atoms with van der Waals surface area (Å²) in [6.45, 7) is 0. The molecule has 1 aliphatic heterocycles. The van der Waals surface area contributed by atoms with E-state index in [1.54, 1.807) is 0 Å². The number of benzene rings is 1. The van der Waals surface area contributed by atoms with E-state index in [4.69, 9.17) is 0 Å². The maximum atomic E-state index is 11.0. The third-order valence-corrected chi connectivity index (χ3v) is 5.41. The minimum atomic E-state index is 0.204. The van der Waals surface area contributed by atoms with Crippen LogP contribution in [0.5, 0.6) is 0 Å². The molecular formula is C20H29NO. The summed E-state index contributed by atoms with van der Waals surface area (Å²) >= 11 is 0. The van der Waals surface area contributed by atoms with E-state index in [0.717, 1.165) is 12.3 Å². The Morgan fingerprint density at radius 2 is 1.73 bits per heavy atom. The van der Waals surface area contributed by atoms with Gasteiger partial charge in [-0.05, 0) is 36.3 Å². The van der Waals surface area contributed by atoms with Gasteiger partial charge < -0.3 is 5.32 Å². The Morgan fingerprint density at radius 3 is 2.45 bits per heavy atom. The second-order valence-electron chi connectivity index (χ2n) is 7.19. The highest BCUT2D eigenvalue weighted by Gasteiger charge is 2.25. The second kappa shape index (κ2) is 7.80. The third kappa shape index (κ3) is 4.34. The highest BCUT2D eigenvalue weighted by Crippen LogP contribution is 2.28. The number of β-lactam (4-membered cyclic amide) rings is 1. The molecule has 0 bridgehead atoms. The molecule has 1 heterocycles. The molecule has 3 rings (SSSR count). The smallest absolute Gasteiger partial charge is 0.222 e. The normalized spacial score (nSPS) is 22.2. The largest absolute Gasteiger partial charge is 0.352 e. The van der Waals surface area contributed by atoms with Gasteiger partial charge in [-0.25, -0.2) is 0 Å². The van der Waals surface area contributed by atoms with Crippen LogP contribution in [0.3, 0.4) is 0 Å². The van der Waals surface area contributed by atoms with Crippen LogP contribution in [0.25, 0.3) is 0 Å². The molecule has 22 heavy (non-hydrogen) atoms. The lowest BCUT2D eigenvalue weighted by atomic mass is 9.85. The molecule has 2 heteroatoms. The number of unbranched alkanes of at least 4 members (excludes halogenated alkanes) is 1. The molecule has 0 radical (unpaired) electrons. The zero-order valence-electron chi connectivity index (χ0n) is 13.7. The van der Waals surface area contributed by atoms with Gasteiger partial charge in [0.05, 0.1) is 0 Å². The first-order chi connectivity index (χ1) is 10.8. The van der Waals surface area contributed by atoms with Crippen molar-refractivity contribution in [1.29, 1.82) is 0 Å². The standard InChI is InChI=1S/C20H29NO/c22-20-15-19(21-20)14-18-13-7-6-12-17(18)11-5-4-10-16-8-2-1-3-9-16/h6-7,12-13,16,19H,1-5,8-11,14-15H2,(H,21,22). The molecule has 120 valence electrons. The zero-order chi connectivity index (χ0) is 15.2. The number of amides is 1. The molecule has 1 saturated carbocycles. The lowest BCUT2D eigenvalue weighted by Gasteiger charge is -2.27. The number of nitrogens with one attached hydrogen (secondary N) is 1. The van der Waals surface area contributed by atoms with Crippen LogP contribution in [0.15, 0.2) is 24.3 Å². The Balaban J connectivity index is 1.42. The molecule has 1 aromatic rings. The Labute approximate surface area is 134 Å². The summed E-state index contributed by atoms with van der Waals surface area (Å²) in [5.74, 6) is 1.21. The first kappa shape index (κ1) is 15.6. The number of hydrogen-bond donors (Lipinski definition) is 1. The topological polar surface area (TPSA) is 29.1 Å². The first-order valence-electron chi connectivity index (χ1n) is 9.17. The van der Waals surface area contributed by atoms with E-state index >= 15 is 0 Å². The Morgan fingerprint density at radius 1 is 1.00 bits per heavy atom. The van der Waals surface area contributed by atoms with E-state index in [9.17, 15) is 4.79 Å². The van der Waals surface area contributed by atoms with Gasteiger partial charge in [0, 0.05) is 12.5 Å². The van der Waals surface area contributed by atoms with Gasteiger partial charge in [0.1, 0.15) is 0 Å². The van der Waals surface area contributed by atoms with Crippen molar-refractivity contribution >= 4 is 5.91 Å². The summed E-state index contributed by atoms with van der Waals surface area (Å²) in [6.07, 6.45) is 14.3. The van der Waals surface area contributed by atoms with Crippen molar-refractivity contribution in [3.05, 3.63) is 35.4 Å². The maximum Gasteiger partial charge on any atom is 0.222 e. The third-order valence-electron chi connectivity index (χ3n) is 5.41. The van der Waals surface area contributed by atoms with Crippen molar-refractivity contribution < 1.29 is 4.79 Å². The van der Waals surface area contributed by atoms with Gasteiger partial charge >= 0.3 is 0 Å². The van der Waals surface area contributed by atoms with Crippen molar-refractivity contribution in [1.82, 2.24) is 5.32 Å². The summed E-state index contributed by atoms with van der Waals surface area (Å²) in [6, 6.07) is 9.16. The molecule has 2 nitrogen and oxygen atoms in total. The lowest BCUT2D eigenvalue weighted by Crippen LogP contribution is -2.49. The SMILES string of the molecule is O=C1CC(Cc2ccccc2CCCCC2CCCCC2)N1. The molecule has 0 spiro atoms. The fraction of sp³-hybridized carbons (Fsp3) is 0.650. The molecule has 1 amide bonds. The van der Waals surface area contributed by atoms with Crippen LogP contribution < -0.4 is 5.32 Å². The van der Waals surface area contributed by atoms with Crippen molar-refractivity contribution in [2.45, 2.75) is 76.7 Å². The fourth-order valence-corrected chi connectivity index (χ4v) is 4.04. The van der Waals surface area contributed by atoms with Crippen molar-refractivity contribution in [3.8, 4) is 0 Å². The summed E-state index contributed by atoms with van der Waals surface area (Å²) in [5.41, 5.74) is 2.93. The molecule has 1 saturated heterocycles. The van der Waals surface area contributed by atoms with Crippen LogP contribution in [-0.2, 0) is 17.6 Å². The second-order valence-corrected chi connectivity index (χ2v) is 7.19. The van der Waals surface area contributed by atoms with Gasteiger partial charge in [-0.2, -0.15) is 0 Å². The number of rotatable bonds is 7. The average molecular weight is 299 g/mol. The van der Waals surface area contributed by atoms with Gasteiger partial charge in [-0.15, -0.1) is 0 Å². The molecular weight excluding hydrogens is 270 g/mol. The van der Waals surface area contributed by atoms with Gasteiger partial charge in [0.15, 0.2) is 0 Å². The lowest BCUT2D eigenvalue weighted by molar-refractivity contribution is -0.128. The Bertz CT molecular complexity index is 482. The molecule has 0 aromatic heterocycles. The van der Waals surface area contributed by atoms with Crippen LogP contribution in [0.1, 0.15) is 68.9 Å². The number of carbonyl (C=O) groups is 1. The van der Waals surface area contributed by atoms with Crippen LogP contribution >= 0.6 is 0 Å². The van der Waals surface area contributed by atoms with E-state index in [0.29, 0.717) is 12.5 Å². The predicted molar refractivity (Wildman–Crippen MR) is 90.8 cm³/mol. The zero-order valence-corrected chi connectivity index (χ0v) is 13.7. The molecule has 1 N–H and O–H groups in total. The van der Waals surface area contributed by atoms with Crippen LogP contribution in [-0.4, -0.2) is 11.9 Å². The van der Waals surface area contributed by atoms with Gasteiger partial charge in [-0.3, -0.25) is 4.79 Å². The van der Waals surface area contributed by atoms with E-state index < -0.39 is 0 Å². The van der Waals surface area contributed by atoms with E-state index in [-0.39, 0.29) is 5.91 Å². The summed E-state index contributed by atoms with van der Waals surface area (Å²) in [5, 5.41) is 2.99. The quantitative estimate of drug-likeness (QED) is 0.586. The van der Waals surface area contributed by atoms with E-state index in [1.165, 1.54) is 68.9 Å². The molecule has 1 atom stereocenters. The summed E-state index contributed by atoms with van der Waals surface area (Å²) in [4.78, 5) is 11.0. The monoisotopic (exact) mass is 299 g/mol. The van der Waals surface area contributed by atoms with Crippen LogP contribution in [0.4, 0.5) is 0 Å². The first-order valence-corrected chi connectivity index (χ1v) is 9.17. The maximum absolute atomic E-state index is 11.0. The summed E-state index contributed by atoms with van der Waals surface area (Å²) in [7, 11) is 0. The number of aryl methyl sites for hydroxylation is 1. The minimum Gasteiger partial charge on any atom is -0.352 e. The van der Waals surface area contributed by atoms with Gasteiger partial charge in [0.25, 0.3) is 0 Å². The molecule has 1 aromatic carbocycles. The Hall–Kier alpha value is -1.31. The van der Waals surface area contributed by atoms with E-state index in [1.807, 2.05) is 0 Å². The fourth-order valence-electron chi connectivity index (χ4n) is 4.04. The number of carbonyl (C=O) groups excluding carboxylic acids is 1. The molecule has 1 unspecified atom stereocenters. The van der Waals surface area contributed by atoms with E-state index in [2.05, 4.69) is 29.6 Å². The van der Waals surface area contributed by atoms with Gasteiger partial charge in [-0.1, -0.05) is 69.2 Å². The van der Waals surface area contributed by atoms with Crippen molar-refractivity contribution in [3.63, 3.8) is 0 Å². The number of hydrogen-bond acceptors (Lipinski definition) is 1. The van der Waals surface area contributed by atoms with Crippen LogP contribution in [0.2, 0.25) is 0 Å². The highest BCUT2D eigenvalue weighted by atomic mass is 16.2. The molecule has 1 aliphatic carbocycles. The Kier molecular flexibility index (Phi) is 5.53.